The van der Waals surface area contributed by atoms with Crippen molar-refractivity contribution in [3.63, 3.8) is 0 Å². The number of benzene rings is 2. The molecule has 7 nitrogen and oxygen atoms in total. The van der Waals surface area contributed by atoms with Crippen molar-refractivity contribution in [2.24, 2.45) is 5.92 Å². The van der Waals surface area contributed by atoms with E-state index in [1.807, 2.05) is 19.0 Å². The van der Waals surface area contributed by atoms with Crippen LogP contribution in [0.2, 0.25) is 0 Å². The van der Waals surface area contributed by atoms with Gasteiger partial charge in [-0.25, -0.2) is 13.9 Å². The lowest BCUT2D eigenvalue weighted by Crippen LogP contribution is -2.39. The predicted molar refractivity (Wildman–Crippen MR) is 132 cm³/mol. The number of halogens is 3. The SMILES string of the molecule is CN(C)CCSc1cccc(S(=O)(=O)N2CCC(Cc3ccc(C(F)(F)F)cc3)CC2)c1C(=O)NO. The Morgan fingerprint density at radius 1 is 1.14 bits per heavy atom. The zero-order chi connectivity index (χ0) is 26.5. The molecule has 1 amide bonds. The summed E-state index contributed by atoms with van der Waals surface area (Å²) in [5, 5.41) is 9.28. The quantitative estimate of drug-likeness (QED) is 0.280. The molecule has 0 aromatic heterocycles. The van der Waals surface area contributed by atoms with Gasteiger partial charge >= 0.3 is 6.18 Å². The zero-order valence-electron chi connectivity index (χ0n) is 20.1. The van der Waals surface area contributed by atoms with E-state index in [1.165, 1.54) is 34.3 Å². The molecule has 3 rings (SSSR count). The second-order valence-electron chi connectivity index (χ2n) is 8.97. The number of thioether (sulfide) groups is 1. The fourth-order valence-electron chi connectivity index (χ4n) is 4.12. The third-order valence-electron chi connectivity index (χ3n) is 6.11. The number of nitrogens with one attached hydrogen (secondary N) is 1. The molecule has 198 valence electrons. The van der Waals surface area contributed by atoms with Crippen LogP contribution in [-0.4, -0.2) is 68.2 Å². The van der Waals surface area contributed by atoms with Gasteiger partial charge in [0.15, 0.2) is 0 Å². The zero-order valence-corrected chi connectivity index (χ0v) is 21.7. The van der Waals surface area contributed by atoms with E-state index < -0.39 is 27.7 Å². The number of amides is 1. The number of piperidine rings is 1. The third kappa shape index (κ3) is 7.00. The van der Waals surface area contributed by atoms with Gasteiger partial charge in [0.05, 0.1) is 16.0 Å². The first-order valence-electron chi connectivity index (χ1n) is 11.4. The second-order valence-corrected chi connectivity index (χ2v) is 12.0. The van der Waals surface area contributed by atoms with Crippen LogP contribution < -0.4 is 5.48 Å². The fraction of sp³-hybridized carbons (Fsp3) is 0.458. The Labute approximate surface area is 213 Å². The summed E-state index contributed by atoms with van der Waals surface area (Å²) in [5.41, 5.74) is 1.56. The van der Waals surface area contributed by atoms with E-state index in [0.717, 1.165) is 17.7 Å². The molecule has 0 bridgehead atoms. The van der Waals surface area contributed by atoms with Gasteiger partial charge in [0, 0.05) is 30.3 Å². The van der Waals surface area contributed by atoms with Crippen LogP contribution in [0.15, 0.2) is 52.3 Å². The fourth-order valence-corrected chi connectivity index (χ4v) is 7.06. The second kappa shape index (κ2) is 12.0. The Kier molecular flexibility index (Phi) is 9.44. The predicted octanol–water partition coefficient (Wildman–Crippen LogP) is 4.12. The molecule has 0 aliphatic carbocycles. The topological polar surface area (TPSA) is 90.0 Å². The van der Waals surface area contributed by atoms with Gasteiger partial charge in [0.25, 0.3) is 5.91 Å². The first kappa shape index (κ1) is 28.5. The molecule has 1 heterocycles. The van der Waals surface area contributed by atoms with Crippen LogP contribution in [-0.2, 0) is 22.6 Å². The van der Waals surface area contributed by atoms with Gasteiger partial charge in [0.2, 0.25) is 10.0 Å². The highest BCUT2D eigenvalue weighted by molar-refractivity contribution is 7.99. The van der Waals surface area contributed by atoms with Crippen molar-refractivity contribution in [1.29, 1.82) is 0 Å². The van der Waals surface area contributed by atoms with Gasteiger partial charge in [-0.3, -0.25) is 10.0 Å². The van der Waals surface area contributed by atoms with Crippen molar-refractivity contribution in [2.75, 3.05) is 39.5 Å². The summed E-state index contributed by atoms with van der Waals surface area (Å²) in [7, 11) is -0.204. The maximum Gasteiger partial charge on any atom is 0.416 e. The van der Waals surface area contributed by atoms with E-state index in [1.54, 1.807) is 17.6 Å². The summed E-state index contributed by atoms with van der Waals surface area (Å²) in [6, 6.07) is 9.65. The standard InChI is InChI=1S/C24H30F3N3O4S2/c1-29(2)14-15-35-20-4-3-5-21(22(20)23(31)28-32)36(33,34)30-12-10-18(11-13-30)16-17-6-8-19(9-7-17)24(25,26)27/h3-9,18,32H,10-16H2,1-2H3,(H,28,31). The van der Waals surface area contributed by atoms with Crippen LogP contribution in [0, 0.1) is 5.92 Å². The molecular weight excluding hydrogens is 515 g/mol. The smallest absolute Gasteiger partial charge is 0.309 e. The first-order chi connectivity index (χ1) is 16.9. The lowest BCUT2D eigenvalue weighted by molar-refractivity contribution is -0.137. The molecule has 1 saturated heterocycles. The molecule has 2 aromatic carbocycles. The summed E-state index contributed by atoms with van der Waals surface area (Å²) in [6.07, 6.45) is -2.74. The van der Waals surface area contributed by atoms with E-state index >= 15 is 0 Å². The van der Waals surface area contributed by atoms with Crippen LogP contribution in [0.25, 0.3) is 0 Å². The van der Waals surface area contributed by atoms with Crippen LogP contribution >= 0.6 is 11.8 Å². The van der Waals surface area contributed by atoms with E-state index in [2.05, 4.69) is 0 Å². The molecule has 2 N–H and O–H groups in total. The lowest BCUT2D eigenvalue weighted by atomic mass is 9.91. The molecule has 12 heteroatoms. The number of rotatable bonds is 9. The van der Waals surface area contributed by atoms with Crippen molar-refractivity contribution in [3.8, 4) is 0 Å². The number of alkyl halides is 3. The molecule has 1 aliphatic rings. The minimum Gasteiger partial charge on any atom is -0.309 e. The van der Waals surface area contributed by atoms with Gasteiger partial charge in [-0.05, 0) is 69.1 Å². The van der Waals surface area contributed by atoms with Gasteiger partial charge in [-0.1, -0.05) is 18.2 Å². The van der Waals surface area contributed by atoms with Gasteiger partial charge in [-0.2, -0.15) is 17.5 Å². The van der Waals surface area contributed by atoms with Crippen molar-refractivity contribution in [1.82, 2.24) is 14.7 Å². The van der Waals surface area contributed by atoms with Gasteiger partial charge in [0.1, 0.15) is 0 Å². The Morgan fingerprint density at radius 3 is 2.33 bits per heavy atom. The lowest BCUT2D eigenvalue weighted by Gasteiger charge is -2.32. The summed E-state index contributed by atoms with van der Waals surface area (Å²) in [5.74, 6) is -0.141. The Bertz CT molecular complexity index is 1150. The average Bonchev–Trinajstić information content (AvgIpc) is 2.83. The Hall–Kier alpha value is -2.12. The highest BCUT2D eigenvalue weighted by atomic mass is 32.2. The maximum atomic E-state index is 13.5. The molecule has 0 spiro atoms. The summed E-state index contributed by atoms with van der Waals surface area (Å²) in [6.45, 7) is 1.17. The van der Waals surface area contributed by atoms with E-state index in [9.17, 15) is 31.6 Å². The molecule has 0 radical (unpaired) electrons. The molecular formula is C24H30F3N3O4S2. The van der Waals surface area contributed by atoms with Gasteiger partial charge in [-0.15, -0.1) is 11.8 Å². The number of carbonyl (C=O) groups is 1. The highest BCUT2D eigenvalue weighted by Crippen LogP contribution is 2.33. The molecule has 0 unspecified atom stereocenters. The van der Waals surface area contributed by atoms with Crippen LogP contribution in [0.4, 0.5) is 13.2 Å². The van der Waals surface area contributed by atoms with Crippen LogP contribution in [0.1, 0.15) is 34.3 Å². The molecule has 2 aromatic rings. The highest BCUT2D eigenvalue weighted by Gasteiger charge is 2.34. The number of hydroxylamine groups is 1. The average molecular weight is 546 g/mol. The molecule has 36 heavy (non-hydrogen) atoms. The monoisotopic (exact) mass is 545 g/mol. The first-order valence-corrected chi connectivity index (χ1v) is 13.9. The minimum atomic E-state index is -4.38. The van der Waals surface area contributed by atoms with E-state index in [0.29, 0.717) is 36.5 Å². The van der Waals surface area contributed by atoms with Crippen LogP contribution in [0.5, 0.6) is 0 Å². The van der Waals surface area contributed by atoms with Crippen molar-refractivity contribution in [3.05, 3.63) is 59.2 Å². The largest absolute Gasteiger partial charge is 0.416 e. The number of nitrogens with zero attached hydrogens (tertiary/aromatic N) is 2. The van der Waals surface area contributed by atoms with Crippen LogP contribution in [0.3, 0.4) is 0 Å². The van der Waals surface area contributed by atoms with Crippen molar-refractivity contribution in [2.45, 2.75) is 35.2 Å². The summed E-state index contributed by atoms with van der Waals surface area (Å²) >= 11 is 1.33. The Balaban J connectivity index is 1.72. The molecule has 0 saturated carbocycles. The number of hydrogen-bond acceptors (Lipinski definition) is 6. The van der Waals surface area contributed by atoms with E-state index in [4.69, 9.17) is 0 Å². The Morgan fingerprint density at radius 2 is 1.78 bits per heavy atom. The molecule has 1 aliphatic heterocycles. The molecule has 0 atom stereocenters. The van der Waals surface area contributed by atoms with E-state index in [-0.39, 0.29) is 29.5 Å². The van der Waals surface area contributed by atoms with Crippen molar-refractivity contribution >= 4 is 27.7 Å². The molecule has 1 fully saturated rings. The number of carbonyl (C=O) groups excluding carboxylic acids is 1. The summed E-state index contributed by atoms with van der Waals surface area (Å²) in [4.78, 5) is 14.7. The number of hydrogen-bond donors (Lipinski definition) is 2. The van der Waals surface area contributed by atoms with Crippen molar-refractivity contribution < 1.29 is 31.6 Å². The summed E-state index contributed by atoms with van der Waals surface area (Å²) < 4.78 is 66.7. The normalized spacial score (nSPS) is 15.9. The van der Waals surface area contributed by atoms with Gasteiger partial charge < -0.3 is 4.90 Å². The maximum absolute atomic E-state index is 13.5. The number of sulfonamides is 1. The third-order valence-corrected chi connectivity index (χ3v) is 9.09. The minimum absolute atomic E-state index is 0.0874.